The van der Waals surface area contributed by atoms with E-state index in [0.717, 1.165) is 29.7 Å². The molecule has 0 aliphatic rings. The molecule has 104 valence electrons. The van der Waals surface area contributed by atoms with Crippen LogP contribution < -0.4 is 5.32 Å². The molecule has 1 unspecified atom stereocenters. The van der Waals surface area contributed by atoms with E-state index in [4.69, 9.17) is 0 Å². The third-order valence-electron chi connectivity index (χ3n) is 3.38. The highest BCUT2D eigenvalue weighted by Crippen LogP contribution is 2.23. The predicted octanol–water partition coefficient (Wildman–Crippen LogP) is 4.52. The molecule has 0 saturated carbocycles. The molecule has 0 aromatic heterocycles. The lowest BCUT2D eigenvalue weighted by Gasteiger charge is -2.16. The number of aryl methyl sites for hydroxylation is 1. The van der Waals surface area contributed by atoms with Gasteiger partial charge in [0.1, 0.15) is 0 Å². The molecule has 0 aliphatic heterocycles. The number of amides is 1. The minimum Gasteiger partial charge on any atom is -0.326 e. The van der Waals surface area contributed by atoms with Crippen LogP contribution in [-0.2, 0) is 4.79 Å². The summed E-state index contributed by atoms with van der Waals surface area (Å²) in [5.74, 6) is -0.00892. The summed E-state index contributed by atoms with van der Waals surface area (Å²) in [6, 6.07) is 17.9. The summed E-state index contributed by atoms with van der Waals surface area (Å²) in [5.41, 5.74) is 3.10. The van der Waals surface area contributed by atoms with Crippen LogP contribution in [0.2, 0.25) is 0 Å². The van der Waals surface area contributed by atoms with E-state index < -0.39 is 0 Å². The zero-order chi connectivity index (χ0) is 14.4. The third kappa shape index (κ3) is 3.70. The number of carbonyl (C=O) groups is 1. The van der Waals surface area contributed by atoms with Gasteiger partial charge < -0.3 is 5.32 Å². The summed E-state index contributed by atoms with van der Waals surface area (Å²) >= 11 is 0. The topological polar surface area (TPSA) is 29.1 Å². The largest absolute Gasteiger partial charge is 0.326 e. The Morgan fingerprint density at radius 1 is 1.10 bits per heavy atom. The Morgan fingerprint density at radius 3 is 2.50 bits per heavy atom. The molecule has 0 bridgehead atoms. The Kier molecular flexibility index (Phi) is 4.94. The molecule has 1 amide bonds. The summed E-state index contributed by atoms with van der Waals surface area (Å²) in [5, 5.41) is 3.03. The van der Waals surface area contributed by atoms with Crippen molar-refractivity contribution >= 4 is 11.6 Å². The van der Waals surface area contributed by atoms with Crippen molar-refractivity contribution in [2.75, 3.05) is 5.32 Å². The zero-order valence-corrected chi connectivity index (χ0v) is 12.1. The van der Waals surface area contributed by atoms with Crippen molar-refractivity contribution in [2.45, 2.75) is 32.6 Å². The van der Waals surface area contributed by atoms with Crippen LogP contribution in [0.5, 0.6) is 0 Å². The molecule has 0 aliphatic carbocycles. The maximum Gasteiger partial charge on any atom is 0.231 e. The van der Waals surface area contributed by atoms with Gasteiger partial charge in [0, 0.05) is 5.69 Å². The van der Waals surface area contributed by atoms with Crippen LogP contribution in [0.4, 0.5) is 5.69 Å². The van der Waals surface area contributed by atoms with E-state index in [-0.39, 0.29) is 11.8 Å². The van der Waals surface area contributed by atoms with Crippen LogP contribution in [-0.4, -0.2) is 5.91 Å². The SMILES string of the molecule is CCCC(C(=O)Nc1cccc(C)c1)c1ccccc1. The van der Waals surface area contributed by atoms with Gasteiger partial charge in [-0.1, -0.05) is 55.8 Å². The summed E-state index contributed by atoms with van der Waals surface area (Å²) in [6.45, 7) is 4.13. The molecule has 0 saturated heterocycles. The quantitative estimate of drug-likeness (QED) is 0.848. The summed E-state index contributed by atoms with van der Waals surface area (Å²) in [7, 11) is 0. The van der Waals surface area contributed by atoms with Gasteiger partial charge in [-0.2, -0.15) is 0 Å². The van der Waals surface area contributed by atoms with Crippen LogP contribution in [0.3, 0.4) is 0 Å². The highest BCUT2D eigenvalue weighted by atomic mass is 16.1. The lowest BCUT2D eigenvalue weighted by Crippen LogP contribution is -2.21. The summed E-state index contributed by atoms with van der Waals surface area (Å²) < 4.78 is 0. The first-order valence-corrected chi connectivity index (χ1v) is 7.13. The first kappa shape index (κ1) is 14.3. The highest BCUT2D eigenvalue weighted by molar-refractivity contribution is 5.95. The molecular weight excluding hydrogens is 246 g/mol. The predicted molar refractivity (Wildman–Crippen MR) is 83.9 cm³/mol. The number of rotatable bonds is 5. The summed E-state index contributed by atoms with van der Waals surface area (Å²) in [4.78, 5) is 12.5. The van der Waals surface area contributed by atoms with Crippen molar-refractivity contribution in [3.63, 3.8) is 0 Å². The number of carbonyl (C=O) groups excluding carboxylic acids is 1. The smallest absolute Gasteiger partial charge is 0.231 e. The molecular formula is C18H21NO. The second-order valence-corrected chi connectivity index (χ2v) is 5.11. The molecule has 2 aromatic rings. The standard InChI is InChI=1S/C18H21NO/c1-3-8-17(15-10-5-4-6-11-15)18(20)19-16-12-7-9-14(2)13-16/h4-7,9-13,17H,3,8H2,1-2H3,(H,19,20). The molecule has 1 atom stereocenters. The number of nitrogens with one attached hydrogen (secondary N) is 1. The van der Waals surface area contributed by atoms with Crippen molar-refractivity contribution in [2.24, 2.45) is 0 Å². The van der Waals surface area contributed by atoms with E-state index >= 15 is 0 Å². The van der Waals surface area contributed by atoms with Gasteiger partial charge >= 0.3 is 0 Å². The third-order valence-corrected chi connectivity index (χ3v) is 3.38. The second kappa shape index (κ2) is 6.90. The van der Waals surface area contributed by atoms with Crippen molar-refractivity contribution < 1.29 is 4.79 Å². The first-order chi connectivity index (χ1) is 9.70. The molecule has 0 heterocycles. The number of anilines is 1. The number of benzene rings is 2. The van der Waals surface area contributed by atoms with Crippen LogP contribution in [0.15, 0.2) is 54.6 Å². The van der Waals surface area contributed by atoms with E-state index in [2.05, 4.69) is 12.2 Å². The average molecular weight is 267 g/mol. The fourth-order valence-corrected chi connectivity index (χ4v) is 2.38. The Balaban J connectivity index is 2.15. The van der Waals surface area contributed by atoms with Crippen molar-refractivity contribution in [1.82, 2.24) is 0 Å². The summed E-state index contributed by atoms with van der Waals surface area (Å²) in [6.07, 6.45) is 1.85. The Hall–Kier alpha value is -2.09. The average Bonchev–Trinajstić information content (AvgIpc) is 2.45. The lowest BCUT2D eigenvalue weighted by molar-refractivity contribution is -0.117. The minimum absolute atomic E-state index is 0.0728. The van der Waals surface area contributed by atoms with Crippen LogP contribution in [0.1, 0.15) is 36.8 Å². The van der Waals surface area contributed by atoms with Gasteiger partial charge in [-0.15, -0.1) is 0 Å². The molecule has 2 heteroatoms. The fourth-order valence-electron chi connectivity index (χ4n) is 2.38. The number of hydrogen-bond donors (Lipinski definition) is 1. The Morgan fingerprint density at radius 2 is 1.85 bits per heavy atom. The van der Waals surface area contributed by atoms with Crippen LogP contribution in [0, 0.1) is 6.92 Å². The van der Waals surface area contributed by atoms with E-state index in [1.54, 1.807) is 0 Å². The first-order valence-electron chi connectivity index (χ1n) is 7.13. The fraction of sp³-hybridized carbons (Fsp3) is 0.278. The van der Waals surface area contributed by atoms with Gasteiger partial charge in [0.05, 0.1) is 5.92 Å². The van der Waals surface area contributed by atoms with Gasteiger partial charge in [-0.05, 0) is 36.6 Å². The van der Waals surface area contributed by atoms with E-state index in [0.29, 0.717) is 0 Å². The monoisotopic (exact) mass is 267 g/mol. The molecule has 2 rings (SSSR count). The molecule has 1 N–H and O–H groups in total. The van der Waals surface area contributed by atoms with Crippen molar-refractivity contribution in [3.05, 3.63) is 65.7 Å². The van der Waals surface area contributed by atoms with Gasteiger partial charge in [0.2, 0.25) is 5.91 Å². The Labute approximate surface area is 120 Å². The number of hydrogen-bond acceptors (Lipinski definition) is 1. The lowest BCUT2D eigenvalue weighted by atomic mass is 9.93. The van der Waals surface area contributed by atoms with E-state index in [9.17, 15) is 4.79 Å². The van der Waals surface area contributed by atoms with Gasteiger partial charge in [0.25, 0.3) is 0 Å². The van der Waals surface area contributed by atoms with E-state index in [1.807, 2.05) is 61.5 Å². The molecule has 0 fully saturated rings. The highest BCUT2D eigenvalue weighted by Gasteiger charge is 2.19. The van der Waals surface area contributed by atoms with Gasteiger partial charge in [0.15, 0.2) is 0 Å². The molecule has 0 radical (unpaired) electrons. The van der Waals surface area contributed by atoms with E-state index in [1.165, 1.54) is 0 Å². The zero-order valence-electron chi connectivity index (χ0n) is 12.1. The van der Waals surface area contributed by atoms with Crippen molar-refractivity contribution in [1.29, 1.82) is 0 Å². The molecule has 0 spiro atoms. The minimum atomic E-state index is -0.0817. The second-order valence-electron chi connectivity index (χ2n) is 5.11. The van der Waals surface area contributed by atoms with Crippen LogP contribution in [0.25, 0.3) is 0 Å². The normalized spacial score (nSPS) is 11.9. The molecule has 2 aromatic carbocycles. The van der Waals surface area contributed by atoms with Gasteiger partial charge in [-0.25, -0.2) is 0 Å². The van der Waals surface area contributed by atoms with Crippen molar-refractivity contribution in [3.8, 4) is 0 Å². The molecule has 20 heavy (non-hydrogen) atoms. The maximum atomic E-state index is 12.5. The van der Waals surface area contributed by atoms with Gasteiger partial charge in [-0.3, -0.25) is 4.79 Å². The Bertz CT molecular complexity index is 563. The maximum absolute atomic E-state index is 12.5. The molecule has 2 nitrogen and oxygen atoms in total. The van der Waals surface area contributed by atoms with Crippen LogP contribution >= 0.6 is 0 Å².